The number of esters is 1. The average molecular weight is 369 g/mol. The van der Waals surface area contributed by atoms with Crippen molar-refractivity contribution in [3.8, 4) is 11.5 Å². The molecule has 0 radical (unpaired) electrons. The zero-order chi connectivity index (χ0) is 19.6. The first kappa shape index (κ1) is 18.8. The highest BCUT2D eigenvalue weighted by atomic mass is 16.6. The predicted octanol–water partition coefficient (Wildman–Crippen LogP) is 3.04. The van der Waals surface area contributed by atoms with Gasteiger partial charge in [-0.2, -0.15) is 0 Å². The Balaban J connectivity index is 1.83. The van der Waals surface area contributed by atoms with Gasteiger partial charge in [0.15, 0.2) is 6.10 Å². The van der Waals surface area contributed by atoms with E-state index < -0.39 is 18.2 Å². The number of carbonyl (C=O) groups excluding carboxylic acids is 2. The molecule has 0 saturated carbocycles. The molecule has 0 spiro atoms. The minimum atomic E-state index is -0.873. The Bertz CT molecular complexity index is 863. The maximum Gasteiger partial charge on any atom is 0.348 e. The summed E-state index contributed by atoms with van der Waals surface area (Å²) in [5.74, 6) is 0.318. The lowest BCUT2D eigenvalue weighted by molar-refractivity contribution is -0.148. The van der Waals surface area contributed by atoms with Crippen molar-refractivity contribution in [1.29, 1.82) is 0 Å². The van der Waals surface area contributed by atoms with Gasteiger partial charge in [-0.1, -0.05) is 18.2 Å². The molecule has 6 heteroatoms. The average Bonchev–Trinajstić information content (AvgIpc) is 2.68. The molecule has 1 amide bonds. The summed E-state index contributed by atoms with van der Waals surface area (Å²) in [6.07, 6.45) is -1.60. The van der Waals surface area contributed by atoms with Crippen molar-refractivity contribution < 1.29 is 23.8 Å². The zero-order valence-electron chi connectivity index (χ0n) is 15.9. The van der Waals surface area contributed by atoms with Crippen molar-refractivity contribution in [1.82, 2.24) is 0 Å². The largest absolute Gasteiger partial charge is 0.481 e. The molecule has 0 aromatic heterocycles. The Morgan fingerprint density at radius 2 is 1.89 bits per heavy atom. The molecule has 27 heavy (non-hydrogen) atoms. The number of anilines is 1. The summed E-state index contributed by atoms with van der Waals surface area (Å²) in [5.41, 5.74) is 2.86. The van der Waals surface area contributed by atoms with Crippen LogP contribution >= 0.6 is 0 Å². The summed E-state index contributed by atoms with van der Waals surface area (Å²) >= 11 is 0. The molecule has 0 N–H and O–H groups in total. The number of hydrogen-bond donors (Lipinski definition) is 0. The SMILES string of the molecule is COC(=O)[C@@H]1CN(C(=O)[C@H](C)Oc2ccc(C)c(C)c2)c2ccccc2O1. The maximum absolute atomic E-state index is 13.1. The van der Waals surface area contributed by atoms with E-state index in [2.05, 4.69) is 0 Å². The van der Waals surface area contributed by atoms with E-state index in [9.17, 15) is 9.59 Å². The predicted molar refractivity (Wildman–Crippen MR) is 101 cm³/mol. The highest BCUT2D eigenvalue weighted by molar-refractivity contribution is 5.99. The van der Waals surface area contributed by atoms with Crippen LogP contribution in [0.1, 0.15) is 18.1 Å². The fraction of sp³-hybridized carbons (Fsp3) is 0.333. The molecular formula is C21H23NO5. The number of benzene rings is 2. The van der Waals surface area contributed by atoms with Crippen LogP contribution < -0.4 is 14.4 Å². The van der Waals surface area contributed by atoms with Gasteiger partial charge >= 0.3 is 5.97 Å². The monoisotopic (exact) mass is 369 g/mol. The van der Waals surface area contributed by atoms with Gasteiger partial charge in [-0.05, 0) is 56.2 Å². The third-order valence-corrected chi connectivity index (χ3v) is 4.64. The maximum atomic E-state index is 13.1. The van der Waals surface area contributed by atoms with Gasteiger partial charge in [0.05, 0.1) is 19.3 Å². The number of aryl methyl sites for hydroxylation is 2. The quantitative estimate of drug-likeness (QED) is 0.775. The molecule has 142 valence electrons. The van der Waals surface area contributed by atoms with Gasteiger partial charge in [-0.3, -0.25) is 4.79 Å². The number of hydrogen-bond acceptors (Lipinski definition) is 5. The van der Waals surface area contributed by atoms with E-state index in [1.54, 1.807) is 25.1 Å². The minimum absolute atomic E-state index is 0.0726. The van der Waals surface area contributed by atoms with Gasteiger partial charge in [-0.25, -0.2) is 4.79 Å². The highest BCUT2D eigenvalue weighted by Crippen LogP contribution is 2.34. The van der Waals surface area contributed by atoms with Crippen molar-refractivity contribution in [2.24, 2.45) is 0 Å². The summed E-state index contributed by atoms with van der Waals surface area (Å²) in [6.45, 7) is 5.78. The van der Waals surface area contributed by atoms with Crippen LogP contribution in [0.15, 0.2) is 42.5 Å². The fourth-order valence-corrected chi connectivity index (χ4v) is 2.96. The Hall–Kier alpha value is -3.02. The van der Waals surface area contributed by atoms with E-state index in [0.29, 0.717) is 17.2 Å². The molecule has 0 bridgehead atoms. The number of rotatable bonds is 4. The van der Waals surface area contributed by atoms with Crippen LogP contribution in [0.3, 0.4) is 0 Å². The highest BCUT2D eigenvalue weighted by Gasteiger charge is 2.36. The summed E-state index contributed by atoms with van der Waals surface area (Å²) < 4.78 is 16.3. The molecule has 0 aliphatic carbocycles. The number of fused-ring (bicyclic) bond motifs is 1. The third-order valence-electron chi connectivity index (χ3n) is 4.64. The van der Waals surface area contributed by atoms with Gasteiger partial charge in [-0.15, -0.1) is 0 Å². The topological polar surface area (TPSA) is 65.1 Å². The minimum Gasteiger partial charge on any atom is -0.481 e. The smallest absolute Gasteiger partial charge is 0.348 e. The lowest BCUT2D eigenvalue weighted by atomic mass is 10.1. The first-order valence-electron chi connectivity index (χ1n) is 8.79. The molecular weight excluding hydrogens is 346 g/mol. The lowest BCUT2D eigenvalue weighted by Crippen LogP contribution is -2.51. The van der Waals surface area contributed by atoms with Gasteiger partial charge in [0.25, 0.3) is 5.91 Å². The van der Waals surface area contributed by atoms with E-state index in [4.69, 9.17) is 14.2 Å². The second kappa shape index (κ2) is 7.70. The first-order valence-corrected chi connectivity index (χ1v) is 8.79. The number of nitrogens with zero attached hydrogens (tertiary/aromatic N) is 1. The number of carbonyl (C=O) groups is 2. The van der Waals surface area contributed by atoms with Crippen molar-refractivity contribution in [2.45, 2.75) is 33.0 Å². The summed E-state index contributed by atoms with van der Waals surface area (Å²) in [6, 6.07) is 12.8. The Morgan fingerprint density at radius 1 is 1.15 bits per heavy atom. The standard InChI is InChI=1S/C21H23NO5/c1-13-9-10-16(11-14(13)2)26-15(3)20(23)22-12-19(21(24)25-4)27-18-8-6-5-7-17(18)22/h5-11,15,19H,12H2,1-4H3/t15-,19-/m0/s1. The van der Waals surface area contributed by atoms with Crippen LogP contribution in [-0.2, 0) is 14.3 Å². The van der Waals surface area contributed by atoms with Crippen LogP contribution in [-0.4, -0.2) is 37.7 Å². The second-order valence-electron chi connectivity index (χ2n) is 6.55. The van der Waals surface area contributed by atoms with Gasteiger partial charge < -0.3 is 19.1 Å². The van der Waals surface area contributed by atoms with Crippen molar-refractivity contribution in [3.05, 3.63) is 53.6 Å². The van der Waals surface area contributed by atoms with E-state index in [1.165, 1.54) is 12.0 Å². The molecule has 1 aliphatic heterocycles. The number of methoxy groups -OCH3 is 1. The van der Waals surface area contributed by atoms with E-state index in [0.717, 1.165) is 11.1 Å². The Kier molecular flexibility index (Phi) is 5.35. The van der Waals surface area contributed by atoms with Crippen LogP contribution in [0.4, 0.5) is 5.69 Å². The third kappa shape index (κ3) is 3.89. The number of ether oxygens (including phenoxy) is 3. The van der Waals surface area contributed by atoms with Crippen molar-refractivity contribution >= 4 is 17.6 Å². The molecule has 6 nitrogen and oxygen atoms in total. The molecule has 0 saturated heterocycles. The van der Waals surface area contributed by atoms with Gasteiger partial charge in [0.2, 0.25) is 6.10 Å². The number of para-hydroxylation sites is 2. The Morgan fingerprint density at radius 3 is 2.59 bits per heavy atom. The molecule has 1 heterocycles. The fourth-order valence-electron chi connectivity index (χ4n) is 2.96. The van der Waals surface area contributed by atoms with Crippen LogP contribution in [0.25, 0.3) is 0 Å². The molecule has 2 aromatic rings. The van der Waals surface area contributed by atoms with Crippen LogP contribution in [0.5, 0.6) is 11.5 Å². The first-order chi connectivity index (χ1) is 12.9. The lowest BCUT2D eigenvalue weighted by Gasteiger charge is -2.34. The molecule has 3 rings (SSSR count). The van der Waals surface area contributed by atoms with E-state index >= 15 is 0 Å². The molecule has 2 atom stereocenters. The summed E-state index contributed by atoms with van der Waals surface area (Å²) in [5, 5.41) is 0. The zero-order valence-corrected chi connectivity index (χ0v) is 15.9. The Labute approximate surface area is 158 Å². The molecule has 0 fully saturated rings. The molecule has 0 unspecified atom stereocenters. The summed E-state index contributed by atoms with van der Waals surface area (Å²) in [4.78, 5) is 26.5. The van der Waals surface area contributed by atoms with E-state index in [-0.39, 0.29) is 12.5 Å². The van der Waals surface area contributed by atoms with Gasteiger partial charge in [0.1, 0.15) is 11.5 Å². The number of amides is 1. The van der Waals surface area contributed by atoms with Crippen LogP contribution in [0.2, 0.25) is 0 Å². The van der Waals surface area contributed by atoms with Crippen molar-refractivity contribution in [2.75, 3.05) is 18.6 Å². The van der Waals surface area contributed by atoms with Gasteiger partial charge in [0, 0.05) is 0 Å². The van der Waals surface area contributed by atoms with Crippen LogP contribution in [0, 0.1) is 13.8 Å². The normalized spacial score (nSPS) is 16.7. The second-order valence-corrected chi connectivity index (χ2v) is 6.55. The molecule has 1 aliphatic rings. The van der Waals surface area contributed by atoms with E-state index in [1.807, 2.05) is 38.1 Å². The van der Waals surface area contributed by atoms with Crippen molar-refractivity contribution in [3.63, 3.8) is 0 Å². The summed E-state index contributed by atoms with van der Waals surface area (Å²) in [7, 11) is 1.30. The molecule has 2 aromatic carbocycles.